The Labute approximate surface area is 142 Å². The van der Waals surface area contributed by atoms with Gasteiger partial charge < -0.3 is 5.32 Å². The molecule has 2 atom stereocenters. The molecule has 0 radical (unpaired) electrons. The predicted octanol–water partition coefficient (Wildman–Crippen LogP) is 4.57. The molecule has 1 aliphatic carbocycles. The molecule has 2 aromatic rings. The lowest BCUT2D eigenvalue weighted by Crippen LogP contribution is -2.25. The van der Waals surface area contributed by atoms with E-state index in [2.05, 4.69) is 5.32 Å². The van der Waals surface area contributed by atoms with Gasteiger partial charge >= 0.3 is 6.18 Å². The third-order valence-corrected chi connectivity index (χ3v) is 4.50. The Kier molecular flexibility index (Phi) is 4.54. The van der Waals surface area contributed by atoms with Crippen molar-refractivity contribution in [2.75, 3.05) is 0 Å². The molecule has 0 saturated heterocycles. The van der Waals surface area contributed by atoms with Gasteiger partial charge in [0.25, 0.3) is 0 Å². The molecule has 0 heterocycles. The van der Waals surface area contributed by atoms with Crippen LogP contribution in [0.2, 0.25) is 0 Å². The molecule has 2 aromatic carbocycles. The molecule has 1 amide bonds. The zero-order chi connectivity index (χ0) is 18.2. The summed E-state index contributed by atoms with van der Waals surface area (Å²) in [6, 6.07) is 9.72. The molecule has 3 rings (SSSR count). The summed E-state index contributed by atoms with van der Waals surface area (Å²) in [6.45, 7) is 1.89. The normalized spacial score (nSPS) is 19.6. The zero-order valence-electron chi connectivity index (χ0n) is 13.5. The number of carbonyl (C=O) groups excluding carboxylic acids is 1. The van der Waals surface area contributed by atoms with Gasteiger partial charge in [0.05, 0.1) is 5.56 Å². The first kappa shape index (κ1) is 17.5. The second kappa shape index (κ2) is 6.50. The quantitative estimate of drug-likeness (QED) is 0.803. The van der Waals surface area contributed by atoms with E-state index in [-0.39, 0.29) is 30.1 Å². The zero-order valence-corrected chi connectivity index (χ0v) is 13.5. The highest BCUT2D eigenvalue weighted by molar-refractivity contribution is 5.82. The fourth-order valence-corrected chi connectivity index (χ4v) is 2.84. The van der Waals surface area contributed by atoms with Crippen molar-refractivity contribution in [2.45, 2.75) is 32.0 Å². The Morgan fingerprint density at radius 3 is 2.44 bits per heavy atom. The van der Waals surface area contributed by atoms with Crippen LogP contribution in [0.1, 0.15) is 34.6 Å². The molecule has 1 N–H and O–H groups in total. The second-order valence-corrected chi connectivity index (χ2v) is 6.37. The van der Waals surface area contributed by atoms with Crippen molar-refractivity contribution in [1.29, 1.82) is 0 Å². The number of halogens is 4. The van der Waals surface area contributed by atoms with Gasteiger partial charge in [-0.05, 0) is 54.2 Å². The highest BCUT2D eigenvalue weighted by atomic mass is 19.4. The van der Waals surface area contributed by atoms with E-state index in [1.165, 1.54) is 18.2 Å². The molecule has 1 saturated carbocycles. The van der Waals surface area contributed by atoms with Gasteiger partial charge in [0, 0.05) is 12.5 Å². The van der Waals surface area contributed by atoms with Crippen LogP contribution in [0.3, 0.4) is 0 Å². The minimum absolute atomic E-state index is 0.0583. The standard InChI is InChI=1S/C19H17F4NO/c1-11-2-3-12(8-17(11)20)10-24-18(25)16-9-15(16)13-4-6-14(7-5-13)19(21,22)23/h2-8,15-16H,9-10H2,1H3,(H,24,25). The molecule has 1 aliphatic rings. The van der Waals surface area contributed by atoms with Crippen molar-refractivity contribution in [2.24, 2.45) is 5.92 Å². The van der Waals surface area contributed by atoms with E-state index in [9.17, 15) is 22.4 Å². The molecule has 25 heavy (non-hydrogen) atoms. The molecule has 2 nitrogen and oxygen atoms in total. The second-order valence-electron chi connectivity index (χ2n) is 6.37. The van der Waals surface area contributed by atoms with Crippen LogP contribution in [-0.4, -0.2) is 5.91 Å². The largest absolute Gasteiger partial charge is 0.416 e. The first-order chi connectivity index (χ1) is 11.8. The maximum absolute atomic E-state index is 13.5. The molecule has 0 spiro atoms. The summed E-state index contributed by atoms with van der Waals surface area (Å²) in [4.78, 5) is 12.2. The Bertz CT molecular complexity index is 783. The van der Waals surface area contributed by atoms with Gasteiger partial charge in [-0.1, -0.05) is 24.3 Å². The topological polar surface area (TPSA) is 29.1 Å². The summed E-state index contributed by atoms with van der Waals surface area (Å²) in [5.74, 6) is -0.782. The van der Waals surface area contributed by atoms with Crippen molar-refractivity contribution in [3.63, 3.8) is 0 Å². The minimum atomic E-state index is -4.36. The predicted molar refractivity (Wildman–Crippen MR) is 85.3 cm³/mol. The number of carbonyl (C=O) groups is 1. The van der Waals surface area contributed by atoms with Crippen LogP contribution in [0, 0.1) is 18.7 Å². The number of rotatable bonds is 4. The first-order valence-electron chi connectivity index (χ1n) is 7.95. The van der Waals surface area contributed by atoms with Crippen LogP contribution in [-0.2, 0) is 17.5 Å². The fourth-order valence-electron chi connectivity index (χ4n) is 2.84. The van der Waals surface area contributed by atoms with Crippen LogP contribution in [0.4, 0.5) is 17.6 Å². The highest BCUT2D eigenvalue weighted by Gasteiger charge is 2.44. The number of hydrogen-bond donors (Lipinski definition) is 1. The molecule has 1 fully saturated rings. The Morgan fingerprint density at radius 2 is 1.84 bits per heavy atom. The van der Waals surface area contributed by atoms with Gasteiger partial charge in [0.15, 0.2) is 0 Å². The fraction of sp³-hybridized carbons (Fsp3) is 0.316. The lowest BCUT2D eigenvalue weighted by atomic mass is 10.1. The molecule has 2 unspecified atom stereocenters. The van der Waals surface area contributed by atoms with Gasteiger partial charge in [-0.15, -0.1) is 0 Å². The molecule has 6 heteroatoms. The average Bonchev–Trinajstić information content (AvgIpc) is 3.36. The maximum Gasteiger partial charge on any atom is 0.416 e. The van der Waals surface area contributed by atoms with Gasteiger partial charge in [0.1, 0.15) is 5.82 Å². The van der Waals surface area contributed by atoms with Gasteiger partial charge in [-0.3, -0.25) is 4.79 Å². The molecular formula is C19H17F4NO. The van der Waals surface area contributed by atoms with E-state index in [4.69, 9.17) is 0 Å². The van der Waals surface area contributed by atoms with Crippen molar-refractivity contribution < 1.29 is 22.4 Å². The molecule has 0 aliphatic heterocycles. The number of benzene rings is 2. The lowest BCUT2D eigenvalue weighted by molar-refractivity contribution is -0.137. The maximum atomic E-state index is 13.5. The van der Waals surface area contributed by atoms with Crippen LogP contribution < -0.4 is 5.32 Å². The molecule has 0 aromatic heterocycles. The third kappa shape index (κ3) is 4.00. The van der Waals surface area contributed by atoms with Gasteiger partial charge in [0.2, 0.25) is 5.91 Å². The van der Waals surface area contributed by atoms with Crippen LogP contribution in [0.5, 0.6) is 0 Å². The minimum Gasteiger partial charge on any atom is -0.352 e. The van der Waals surface area contributed by atoms with Crippen molar-refractivity contribution in [1.82, 2.24) is 5.32 Å². The van der Waals surface area contributed by atoms with Crippen LogP contribution in [0.25, 0.3) is 0 Å². The summed E-state index contributed by atoms with van der Waals surface area (Å²) in [5, 5.41) is 2.76. The summed E-state index contributed by atoms with van der Waals surface area (Å²) in [6.07, 6.45) is -3.75. The summed E-state index contributed by atoms with van der Waals surface area (Å²) < 4.78 is 51.2. The SMILES string of the molecule is Cc1ccc(CNC(=O)C2CC2c2ccc(C(F)(F)F)cc2)cc1F. The Morgan fingerprint density at radius 1 is 1.16 bits per heavy atom. The monoisotopic (exact) mass is 351 g/mol. The number of amides is 1. The van der Waals surface area contributed by atoms with Crippen molar-refractivity contribution >= 4 is 5.91 Å². The lowest BCUT2D eigenvalue weighted by Gasteiger charge is -2.08. The van der Waals surface area contributed by atoms with Crippen LogP contribution >= 0.6 is 0 Å². The Balaban J connectivity index is 1.56. The van der Waals surface area contributed by atoms with E-state index < -0.39 is 11.7 Å². The summed E-state index contributed by atoms with van der Waals surface area (Å²) in [7, 11) is 0. The van der Waals surface area contributed by atoms with Crippen LogP contribution in [0.15, 0.2) is 42.5 Å². The van der Waals surface area contributed by atoms with E-state index in [1.807, 2.05) is 0 Å². The van der Waals surface area contributed by atoms with Crippen molar-refractivity contribution in [3.8, 4) is 0 Å². The first-order valence-corrected chi connectivity index (χ1v) is 7.95. The average molecular weight is 351 g/mol. The molecular weight excluding hydrogens is 334 g/mol. The third-order valence-electron chi connectivity index (χ3n) is 4.50. The molecule has 132 valence electrons. The summed E-state index contributed by atoms with van der Waals surface area (Å²) >= 11 is 0. The molecule has 0 bridgehead atoms. The highest BCUT2D eigenvalue weighted by Crippen LogP contribution is 2.48. The summed E-state index contributed by atoms with van der Waals surface area (Å²) in [5.41, 5.74) is 1.25. The number of hydrogen-bond acceptors (Lipinski definition) is 1. The van der Waals surface area contributed by atoms with Gasteiger partial charge in [-0.25, -0.2) is 4.39 Å². The van der Waals surface area contributed by atoms with Crippen molar-refractivity contribution in [3.05, 3.63) is 70.5 Å². The number of aryl methyl sites for hydroxylation is 1. The van der Waals surface area contributed by atoms with E-state index in [0.717, 1.165) is 17.7 Å². The number of nitrogens with one attached hydrogen (secondary N) is 1. The van der Waals surface area contributed by atoms with E-state index >= 15 is 0 Å². The smallest absolute Gasteiger partial charge is 0.352 e. The number of alkyl halides is 3. The van der Waals surface area contributed by atoms with Gasteiger partial charge in [-0.2, -0.15) is 13.2 Å². The van der Waals surface area contributed by atoms with E-state index in [0.29, 0.717) is 17.5 Å². The van der Waals surface area contributed by atoms with E-state index in [1.54, 1.807) is 19.1 Å². The Hall–Kier alpha value is -2.37.